The van der Waals surface area contributed by atoms with E-state index in [4.69, 9.17) is 0 Å². The van der Waals surface area contributed by atoms with E-state index in [9.17, 15) is 4.79 Å². The first-order valence-electron chi connectivity index (χ1n) is 5.05. The summed E-state index contributed by atoms with van der Waals surface area (Å²) in [6.07, 6.45) is 6.12. The number of fused-ring (bicyclic) bond motifs is 1. The highest BCUT2D eigenvalue weighted by Gasteiger charge is 2.31. The summed E-state index contributed by atoms with van der Waals surface area (Å²) in [5, 5.41) is 0. The van der Waals surface area contributed by atoms with Gasteiger partial charge in [-0.3, -0.25) is 4.79 Å². The molecule has 70 valence electrons. The number of hydrogen-bond donors (Lipinski definition) is 0. The number of ketones is 1. The van der Waals surface area contributed by atoms with Gasteiger partial charge in [-0.25, -0.2) is 0 Å². The number of carbonyl (C=O) groups is 1. The zero-order valence-electron chi connectivity index (χ0n) is 8.18. The van der Waals surface area contributed by atoms with Gasteiger partial charge >= 0.3 is 0 Å². The summed E-state index contributed by atoms with van der Waals surface area (Å²) >= 11 is 0. The zero-order chi connectivity index (χ0) is 9.42. The summed E-state index contributed by atoms with van der Waals surface area (Å²) in [5.74, 6) is 1.55. The molecule has 0 saturated heterocycles. The second-order valence-electron chi connectivity index (χ2n) is 4.40. The van der Waals surface area contributed by atoms with Crippen LogP contribution in [0.5, 0.6) is 0 Å². The summed E-state index contributed by atoms with van der Waals surface area (Å²) in [6, 6.07) is 0. The van der Waals surface area contributed by atoms with Crippen LogP contribution in [-0.4, -0.2) is 5.78 Å². The van der Waals surface area contributed by atoms with Gasteiger partial charge in [-0.2, -0.15) is 0 Å². The predicted octanol–water partition coefficient (Wildman–Crippen LogP) is 2.88. The Morgan fingerprint density at radius 3 is 3.08 bits per heavy atom. The van der Waals surface area contributed by atoms with Gasteiger partial charge in [0.1, 0.15) is 0 Å². The Labute approximate surface area is 79.5 Å². The van der Waals surface area contributed by atoms with Crippen molar-refractivity contribution in [3.63, 3.8) is 0 Å². The second kappa shape index (κ2) is 3.13. The fraction of sp³-hybridized carbons (Fsp3) is 0.583. The standard InChI is InChI=1S/C12H16O/c1-8(2)9-3-4-10-6-12(13)7-11(10)5-9/h6,9,11H,1,3-5,7H2,2H3/t9-,11+/m0/s1. The van der Waals surface area contributed by atoms with Crippen LogP contribution in [0.1, 0.15) is 32.6 Å². The number of rotatable bonds is 1. The first kappa shape index (κ1) is 8.74. The molecule has 0 bridgehead atoms. The molecule has 1 nitrogen and oxygen atoms in total. The molecule has 0 radical (unpaired) electrons. The van der Waals surface area contributed by atoms with Crippen LogP contribution in [0.15, 0.2) is 23.8 Å². The number of allylic oxidation sites excluding steroid dienone is 3. The Morgan fingerprint density at radius 2 is 2.38 bits per heavy atom. The number of hydrogen-bond acceptors (Lipinski definition) is 1. The molecule has 0 aliphatic heterocycles. The third kappa shape index (κ3) is 1.60. The van der Waals surface area contributed by atoms with Crippen LogP contribution in [0.25, 0.3) is 0 Å². The maximum Gasteiger partial charge on any atom is 0.156 e. The van der Waals surface area contributed by atoms with Gasteiger partial charge in [-0.15, -0.1) is 0 Å². The van der Waals surface area contributed by atoms with E-state index < -0.39 is 0 Å². The van der Waals surface area contributed by atoms with E-state index in [0.29, 0.717) is 17.6 Å². The van der Waals surface area contributed by atoms with Crippen LogP contribution in [-0.2, 0) is 4.79 Å². The lowest BCUT2D eigenvalue weighted by Crippen LogP contribution is -2.16. The van der Waals surface area contributed by atoms with Crippen molar-refractivity contribution in [1.82, 2.24) is 0 Å². The van der Waals surface area contributed by atoms with Crippen LogP contribution in [0.2, 0.25) is 0 Å². The second-order valence-corrected chi connectivity index (χ2v) is 4.40. The van der Waals surface area contributed by atoms with Crippen LogP contribution in [0.4, 0.5) is 0 Å². The molecular formula is C12H16O. The predicted molar refractivity (Wildman–Crippen MR) is 53.4 cm³/mol. The molecule has 0 spiro atoms. The lowest BCUT2D eigenvalue weighted by atomic mass is 9.76. The largest absolute Gasteiger partial charge is 0.295 e. The summed E-state index contributed by atoms with van der Waals surface area (Å²) in [6.45, 7) is 6.11. The fourth-order valence-electron chi connectivity index (χ4n) is 2.52. The summed E-state index contributed by atoms with van der Waals surface area (Å²) < 4.78 is 0. The van der Waals surface area contributed by atoms with Crippen molar-refractivity contribution < 1.29 is 4.79 Å². The van der Waals surface area contributed by atoms with Crippen molar-refractivity contribution in [3.8, 4) is 0 Å². The van der Waals surface area contributed by atoms with Crippen molar-refractivity contribution in [3.05, 3.63) is 23.8 Å². The van der Waals surface area contributed by atoms with Gasteiger partial charge in [0.15, 0.2) is 5.78 Å². The molecule has 0 heterocycles. The third-order valence-electron chi connectivity index (χ3n) is 3.37. The molecule has 2 atom stereocenters. The minimum absolute atomic E-state index is 0.336. The van der Waals surface area contributed by atoms with Crippen molar-refractivity contribution >= 4 is 5.78 Å². The maximum atomic E-state index is 11.2. The molecule has 0 unspecified atom stereocenters. The van der Waals surface area contributed by atoms with Gasteiger partial charge in [-0.1, -0.05) is 17.7 Å². The van der Waals surface area contributed by atoms with Gasteiger partial charge in [0, 0.05) is 6.42 Å². The molecule has 0 N–H and O–H groups in total. The van der Waals surface area contributed by atoms with Gasteiger partial charge < -0.3 is 0 Å². The Kier molecular flexibility index (Phi) is 2.10. The van der Waals surface area contributed by atoms with Crippen LogP contribution in [0.3, 0.4) is 0 Å². The lowest BCUT2D eigenvalue weighted by Gasteiger charge is -2.28. The molecule has 1 heteroatoms. The highest BCUT2D eigenvalue weighted by Crippen LogP contribution is 2.41. The van der Waals surface area contributed by atoms with Crippen molar-refractivity contribution in [1.29, 1.82) is 0 Å². The first-order chi connectivity index (χ1) is 6.16. The molecule has 0 aromatic heterocycles. The van der Waals surface area contributed by atoms with E-state index in [1.807, 2.05) is 6.08 Å². The van der Waals surface area contributed by atoms with Crippen LogP contribution < -0.4 is 0 Å². The van der Waals surface area contributed by atoms with E-state index in [0.717, 1.165) is 19.3 Å². The molecule has 1 saturated carbocycles. The fourth-order valence-corrected chi connectivity index (χ4v) is 2.52. The number of carbonyl (C=O) groups excluding carboxylic acids is 1. The molecule has 2 aliphatic rings. The topological polar surface area (TPSA) is 17.1 Å². The van der Waals surface area contributed by atoms with Crippen molar-refractivity contribution in [2.24, 2.45) is 11.8 Å². The van der Waals surface area contributed by atoms with E-state index in [2.05, 4.69) is 13.5 Å². The monoisotopic (exact) mass is 176 g/mol. The average Bonchev–Trinajstić information content (AvgIpc) is 2.42. The van der Waals surface area contributed by atoms with Crippen LogP contribution >= 0.6 is 0 Å². The average molecular weight is 176 g/mol. The highest BCUT2D eigenvalue weighted by atomic mass is 16.1. The molecular weight excluding hydrogens is 160 g/mol. The minimum Gasteiger partial charge on any atom is -0.295 e. The van der Waals surface area contributed by atoms with E-state index in [-0.39, 0.29) is 0 Å². The highest BCUT2D eigenvalue weighted by molar-refractivity contribution is 5.93. The van der Waals surface area contributed by atoms with Crippen LogP contribution in [0, 0.1) is 11.8 Å². The van der Waals surface area contributed by atoms with E-state index in [1.54, 1.807) is 0 Å². The van der Waals surface area contributed by atoms with Crippen molar-refractivity contribution in [2.75, 3.05) is 0 Å². The Morgan fingerprint density at radius 1 is 1.62 bits per heavy atom. The molecule has 13 heavy (non-hydrogen) atoms. The Hall–Kier alpha value is -0.850. The van der Waals surface area contributed by atoms with Gasteiger partial charge in [0.2, 0.25) is 0 Å². The molecule has 0 aromatic rings. The summed E-state index contributed by atoms with van der Waals surface area (Å²) in [7, 11) is 0. The summed E-state index contributed by atoms with van der Waals surface area (Å²) in [5.41, 5.74) is 2.70. The summed E-state index contributed by atoms with van der Waals surface area (Å²) in [4.78, 5) is 11.2. The molecule has 2 rings (SSSR count). The molecule has 0 amide bonds. The lowest BCUT2D eigenvalue weighted by molar-refractivity contribution is -0.114. The molecule has 1 fully saturated rings. The normalized spacial score (nSPS) is 32.7. The third-order valence-corrected chi connectivity index (χ3v) is 3.37. The minimum atomic E-state index is 0.336. The smallest absolute Gasteiger partial charge is 0.156 e. The quantitative estimate of drug-likeness (QED) is 0.561. The van der Waals surface area contributed by atoms with E-state index in [1.165, 1.54) is 17.6 Å². The molecule has 0 aromatic carbocycles. The maximum absolute atomic E-state index is 11.2. The molecule has 2 aliphatic carbocycles. The SMILES string of the molecule is C=C(C)[C@H]1CCC2=CC(=O)C[C@H]2C1. The van der Waals surface area contributed by atoms with Crippen molar-refractivity contribution in [2.45, 2.75) is 32.6 Å². The Balaban J connectivity index is 2.08. The Bertz CT molecular complexity index is 285. The first-order valence-corrected chi connectivity index (χ1v) is 5.05. The van der Waals surface area contributed by atoms with Gasteiger partial charge in [0.05, 0.1) is 0 Å². The zero-order valence-corrected chi connectivity index (χ0v) is 8.18. The van der Waals surface area contributed by atoms with Gasteiger partial charge in [-0.05, 0) is 44.1 Å². The van der Waals surface area contributed by atoms with E-state index >= 15 is 0 Å². The van der Waals surface area contributed by atoms with Gasteiger partial charge in [0.25, 0.3) is 0 Å².